The Morgan fingerprint density at radius 2 is 1.87 bits per heavy atom. The maximum atomic E-state index is 12.7. The van der Waals surface area contributed by atoms with E-state index in [4.69, 9.17) is 9.47 Å². The third-order valence-electron chi connectivity index (χ3n) is 6.00. The Morgan fingerprint density at radius 3 is 2.57 bits per heavy atom. The molecule has 0 bridgehead atoms. The number of likely N-dealkylation sites (tertiary alicyclic amines) is 1. The third-order valence-corrected chi connectivity index (χ3v) is 6.00. The molecule has 0 N–H and O–H groups in total. The summed E-state index contributed by atoms with van der Waals surface area (Å²) in [5.74, 6) is 0.712. The zero-order valence-corrected chi connectivity index (χ0v) is 18.4. The first-order valence-corrected chi connectivity index (χ1v) is 10.4. The highest BCUT2D eigenvalue weighted by Gasteiger charge is 2.45. The fourth-order valence-corrected chi connectivity index (χ4v) is 4.32. The summed E-state index contributed by atoms with van der Waals surface area (Å²) in [4.78, 5) is 21.6. The van der Waals surface area contributed by atoms with Crippen LogP contribution in [-0.2, 0) is 16.0 Å². The lowest BCUT2D eigenvalue weighted by Gasteiger charge is -2.49. The van der Waals surface area contributed by atoms with Gasteiger partial charge in [0.2, 0.25) is 5.88 Å². The smallest absolute Gasteiger partial charge is 0.255 e. The van der Waals surface area contributed by atoms with Gasteiger partial charge in [0.15, 0.2) is 0 Å². The number of morpholine rings is 1. The van der Waals surface area contributed by atoms with Gasteiger partial charge in [0.05, 0.1) is 19.3 Å². The number of pyridine rings is 1. The first kappa shape index (κ1) is 22.5. The Balaban J connectivity index is 0.00000256. The summed E-state index contributed by atoms with van der Waals surface area (Å²) >= 11 is 0. The summed E-state index contributed by atoms with van der Waals surface area (Å²) in [7, 11) is 1.64. The van der Waals surface area contributed by atoms with Crippen LogP contribution >= 0.6 is 12.4 Å². The van der Waals surface area contributed by atoms with E-state index in [2.05, 4.69) is 9.88 Å². The number of hydrogen-bond donors (Lipinski definition) is 0. The molecule has 1 spiro atoms. The summed E-state index contributed by atoms with van der Waals surface area (Å²) < 4.78 is 11.5. The van der Waals surface area contributed by atoms with Gasteiger partial charge in [-0.15, -0.1) is 12.4 Å². The van der Waals surface area contributed by atoms with Crippen LogP contribution in [0.1, 0.15) is 25.5 Å². The molecule has 1 aromatic heterocycles. The number of methoxy groups -OCH3 is 1. The predicted molar refractivity (Wildman–Crippen MR) is 119 cm³/mol. The monoisotopic (exact) mass is 431 g/mol. The van der Waals surface area contributed by atoms with Gasteiger partial charge in [-0.05, 0) is 38.0 Å². The van der Waals surface area contributed by atoms with Gasteiger partial charge in [0.1, 0.15) is 6.10 Å². The summed E-state index contributed by atoms with van der Waals surface area (Å²) in [6.07, 6.45) is 2.35. The molecule has 162 valence electrons. The van der Waals surface area contributed by atoms with Crippen molar-refractivity contribution in [3.8, 4) is 5.88 Å². The molecule has 30 heavy (non-hydrogen) atoms. The molecule has 2 fully saturated rings. The van der Waals surface area contributed by atoms with E-state index in [1.807, 2.05) is 60.4 Å². The lowest BCUT2D eigenvalue weighted by molar-refractivity contribution is -0.161. The second-order valence-corrected chi connectivity index (χ2v) is 7.97. The number of rotatable bonds is 5. The molecule has 4 rings (SSSR count). The minimum Gasteiger partial charge on any atom is -0.481 e. The van der Waals surface area contributed by atoms with Gasteiger partial charge < -0.3 is 19.3 Å². The highest BCUT2D eigenvalue weighted by Crippen LogP contribution is 2.35. The number of benzene rings is 1. The molecule has 0 radical (unpaired) electrons. The lowest BCUT2D eigenvalue weighted by atomic mass is 9.88. The molecule has 1 unspecified atom stereocenters. The van der Waals surface area contributed by atoms with Crippen molar-refractivity contribution in [1.29, 1.82) is 0 Å². The number of para-hydroxylation sites is 1. The Bertz CT molecular complexity index is 841. The van der Waals surface area contributed by atoms with Crippen molar-refractivity contribution >= 4 is 24.0 Å². The molecule has 1 amide bonds. The molecule has 3 heterocycles. The number of anilines is 1. The van der Waals surface area contributed by atoms with Crippen molar-refractivity contribution in [3.05, 3.63) is 54.2 Å². The van der Waals surface area contributed by atoms with E-state index in [0.717, 1.165) is 50.3 Å². The normalized spacial score (nSPS) is 21.3. The highest BCUT2D eigenvalue weighted by atomic mass is 35.5. The second kappa shape index (κ2) is 9.77. The van der Waals surface area contributed by atoms with Gasteiger partial charge in [-0.3, -0.25) is 4.79 Å². The van der Waals surface area contributed by atoms with Crippen LogP contribution in [0.2, 0.25) is 0 Å². The number of hydrogen-bond acceptors (Lipinski definition) is 5. The van der Waals surface area contributed by atoms with Gasteiger partial charge in [0, 0.05) is 43.5 Å². The molecule has 2 aromatic rings. The van der Waals surface area contributed by atoms with Crippen LogP contribution < -0.4 is 9.64 Å². The number of carbonyl (C=O) groups is 1. The maximum absolute atomic E-state index is 12.7. The van der Waals surface area contributed by atoms with Crippen molar-refractivity contribution in [2.45, 2.75) is 37.9 Å². The van der Waals surface area contributed by atoms with E-state index in [0.29, 0.717) is 12.4 Å². The molecular formula is C23H30ClN3O3. The zero-order valence-electron chi connectivity index (χ0n) is 17.6. The fourth-order valence-electron chi connectivity index (χ4n) is 4.32. The van der Waals surface area contributed by atoms with Gasteiger partial charge in [0.25, 0.3) is 5.91 Å². The van der Waals surface area contributed by atoms with E-state index in [1.54, 1.807) is 7.11 Å². The minimum atomic E-state index is -0.406. The van der Waals surface area contributed by atoms with Crippen molar-refractivity contribution < 1.29 is 14.3 Å². The molecule has 2 saturated heterocycles. The summed E-state index contributed by atoms with van der Waals surface area (Å²) in [5, 5.41) is 0. The van der Waals surface area contributed by atoms with E-state index in [1.165, 1.54) is 0 Å². The Morgan fingerprint density at radius 1 is 1.13 bits per heavy atom. The summed E-state index contributed by atoms with van der Waals surface area (Å²) in [6.45, 7) is 5.40. The molecule has 2 aliphatic rings. The van der Waals surface area contributed by atoms with Crippen LogP contribution in [0.4, 0.5) is 5.69 Å². The second-order valence-electron chi connectivity index (χ2n) is 7.97. The summed E-state index contributed by atoms with van der Waals surface area (Å²) in [5.41, 5.74) is 1.75. The van der Waals surface area contributed by atoms with Crippen LogP contribution in [0, 0.1) is 0 Å². The maximum Gasteiger partial charge on any atom is 0.255 e. The van der Waals surface area contributed by atoms with E-state index in [-0.39, 0.29) is 23.9 Å². The van der Waals surface area contributed by atoms with Crippen LogP contribution in [0.5, 0.6) is 5.88 Å². The number of carbonyl (C=O) groups excluding carboxylic acids is 1. The first-order valence-electron chi connectivity index (χ1n) is 10.4. The first-order chi connectivity index (χ1) is 14.1. The van der Waals surface area contributed by atoms with Crippen molar-refractivity contribution in [2.24, 2.45) is 0 Å². The Kier molecular flexibility index (Phi) is 7.34. The molecule has 7 heteroatoms. The lowest BCUT2D eigenvalue weighted by Crippen LogP contribution is -2.61. The molecule has 6 nitrogen and oxygen atoms in total. The highest BCUT2D eigenvalue weighted by molar-refractivity contribution is 5.97. The Labute approximate surface area is 184 Å². The number of ether oxygens (including phenoxy) is 2. The van der Waals surface area contributed by atoms with Crippen LogP contribution in [0.3, 0.4) is 0 Å². The average molecular weight is 432 g/mol. The molecule has 0 aliphatic carbocycles. The van der Waals surface area contributed by atoms with Gasteiger partial charge in [-0.2, -0.15) is 0 Å². The molecule has 1 atom stereocenters. The molecule has 1 aromatic carbocycles. The van der Waals surface area contributed by atoms with Crippen molar-refractivity contribution in [3.63, 3.8) is 0 Å². The van der Waals surface area contributed by atoms with Gasteiger partial charge in [-0.25, -0.2) is 4.98 Å². The minimum absolute atomic E-state index is 0. The van der Waals surface area contributed by atoms with E-state index in [9.17, 15) is 4.79 Å². The van der Waals surface area contributed by atoms with Gasteiger partial charge in [-0.1, -0.05) is 24.3 Å². The Hall–Kier alpha value is -2.15. The number of aromatic nitrogens is 1. The number of amides is 1. The third kappa shape index (κ3) is 4.94. The molecule has 0 saturated carbocycles. The average Bonchev–Trinajstić information content (AvgIpc) is 2.77. The number of piperidine rings is 1. The van der Waals surface area contributed by atoms with Gasteiger partial charge >= 0.3 is 0 Å². The van der Waals surface area contributed by atoms with E-state index >= 15 is 0 Å². The van der Waals surface area contributed by atoms with E-state index < -0.39 is 6.10 Å². The van der Waals surface area contributed by atoms with Crippen LogP contribution in [0.25, 0.3) is 0 Å². The number of nitrogens with zero attached hydrogens (tertiary/aromatic N) is 3. The predicted octanol–water partition coefficient (Wildman–Crippen LogP) is 3.34. The topological polar surface area (TPSA) is 54.9 Å². The van der Waals surface area contributed by atoms with Crippen LogP contribution in [0.15, 0.2) is 48.5 Å². The van der Waals surface area contributed by atoms with Crippen molar-refractivity contribution in [2.75, 3.05) is 38.2 Å². The quantitative estimate of drug-likeness (QED) is 0.726. The van der Waals surface area contributed by atoms with Crippen molar-refractivity contribution in [1.82, 2.24) is 9.88 Å². The largest absolute Gasteiger partial charge is 0.481 e. The molecular weight excluding hydrogens is 402 g/mol. The van der Waals surface area contributed by atoms with Crippen LogP contribution in [-0.4, -0.2) is 60.8 Å². The SMILES string of the molecule is COc1cccc(CCN2CCC3(CC2)CN(c2ccccc2)C(=O)C(C)O3)n1.Cl. The standard InChI is InChI=1S/C23H29N3O3.ClH/c1-18-22(27)26(20-8-4-3-5-9-20)17-23(29-18)12-15-25(16-13-23)14-11-19-7-6-10-21(24-19)28-2;/h3-10,18H,11-17H2,1-2H3;1H. The molecule has 2 aliphatic heterocycles. The summed E-state index contributed by atoms with van der Waals surface area (Å²) in [6, 6.07) is 15.8. The fraction of sp³-hybridized carbons (Fsp3) is 0.478. The zero-order chi connectivity index (χ0) is 20.3. The number of halogens is 1.